The summed E-state index contributed by atoms with van der Waals surface area (Å²) in [5, 5.41) is 31.4. The number of aromatic nitrogens is 1. The van der Waals surface area contributed by atoms with Gasteiger partial charge >= 0.3 is 0 Å². The number of azo groups is 1. The quantitative estimate of drug-likeness (QED) is 0.221. The van der Waals surface area contributed by atoms with Gasteiger partial charge in [-0.3, -0.25) is 10.1 Å². The molecule has 182 valence electrons. The van der Waals surface area contributed by atoms with Gasteiger partial charge in [0.2, 0.25) is 15.9 Å². The first-order valence-corrected chi connectivity index (χ1v) is 12.6. The first-order chi connectivity index (χ1) is 16.1. The van der Waals surface area contributed by atoms with Crippen molar-refractivity contribution in [2.24, 2.45) is 16.1 Å². The second-order valence-electron chi connectivity index (χ2n) is 8.22. The van der Waals surface area contributed by atoms with E-state index in [-0.39, 0.29) is 35.2 Å². The Morgan fingerprint density at radius 3 is 2.41 bits per heavy atom. The number of benzene rings is 2. The van der Waals surface area contributed by atoms with Gasteiger partial charge in [-0.05, 0) is 30.5 Å². The highest BCUT2D eigenvalue weighted by Crippen LogP contribution is 2.41. The van der Waals surface area contributed by atoms with Crippen molar-refractivity contribution < 1.29 is 18.4 Å². The number of rotatable bonds is 10. The molecule has 0 saturated carbocycles. The van der Waals surface area contributed by atoms with Crippen molar-refractivity contribution in [2.75, 3.05) is 13.1 Å². The maximum atomic E-state index is 12.8. The van der Waals surface area contributed by atoms with Crippen LogP contribution in [-0.4, -0.2) is 40.4 Å². The largest absolute Gasteiger partial charge is 0.493 e. The van der Waals surface area contributed by atoms with Gasteiger partial charge in [0.05, 0.1) is 15.3 Å². The van der Waals surface area contributed by atoms with Gasteiger partial charge in [0.1, 0.15) is 0 Å². The molecule has 11 heteroatoms. The number of hydrogen-bond donors (Lipinski definition) is 1. The van der Waals surface area contributed by atoms with Gasteiger partial charge in [-0.2, -0.15) is 4.31 Å². The van der Waals surface area contributed by atoms with Crippen LogP contribution in [0, 0.1) is 16.0 Å². The van der Waals surface area contributed by atoms with E-state index in [0.717, 1.165) is 18.0 Å². The van der Waals surface area contributed by atoms with Crippen molar-refractivity contribution in [3.8, 4) is 5.88 Å². The average molecular weight is 488 g/mol. The van der Waals surface area contributed by atoms with Crippen molar-refractivity contribution in [2.45, 2.75) is 45.6 Å². The third kappa shape index (κ3) is 4.95. The second kappa shape index (κ2) is 10.3. The van der Waals surface area contributed by atoms with Crippen LogP contribution in [0.2, 0.25) is 0 Å². The van der Waals surface area contributed by atoms with Gasteiger partial charge in [-0.15, -0.1) is 10.2 Å². The summed E-state index contributed by atoms with van der Waals surface area (Å²) in [6.45, 7) is 8.64. The van der Waals surface area contributed by atoms with E-state index in [1.54, 1.807) is 24.5 Å². The molecule has 0 fully saturated rings. The van der Waals surface area contributed by atoms with E-state index in [0.29, 0.717) is 17.8 Å². The summed E-state index contributed by atoms with van der Waals surface area (Å²) >= 11 is 0. The van der Waals surface area contributed by atoms with Crippen molar-refractivity contribution >= 4 is 38.0 Å². The Labute approximate surface area is 198 Å². The van der Waals surface area contributed by atoms with Gasteiger partial charge in [-0.25, -0.2) is 8.42 Å². The lowest BCUT2D eigenvalue weighted by Crippen LogP contribution is -2.30. The standard InChI is InChI=1S/C23H29N5O5S/c1-5-26(6-2)34(32,33)17-11-12-19(21(15-17)28(30)31)24-25-22-18-9-7-8-10-20(18)27(23(22)29)14-13-16(3)4/h7-12,15-16,29H,5-6,13-14H2,1-4H3. The number of nitro groups is 1. The summed E-state index contributed by atoms with van der Waals surface area (Å²) in [6.07, 6.45) is 0.844. The minimum Gasteiger partial charge on any atom is -0.493 e. The zero-order chi connectivity index (χ0) is 25.0. The number of fused-ring (bicyclic) bond motifs is 1. The molecule has 0 aliphatic heterocycles. The van der Waals surface area contributed by atoms with Crippen molar-refractivity contribution in [1.29, 1.82) is 0 Å². The zero-order valence-electron chi connectivity index (χ0n) is 19.7. The number of nitrogens with zero attached hydrogens (tertiary/aromatic N) is 5. The molecule has 10 nitrogen and oxygen atoms in total. The fraction of sp³-hybridized carbons (Fsp3) is 0.391. The molecule has 0 aliphatic rings. The number of aryl methyl sites for hydroxylation is 1. The summed E-state index contributed by atoms with van der Waals surface area (Å²) in [7, 11) is -3.87. The first-order valence-electron chi connectivity index (χ1n) is 11.1. The van der Waals surface area contributed by atoms with Crippen molar-refractivity contribution in [3.05, 3.63) is 52.6 Å². The summed E-state index contributed by atoms with van der Waals surface area (Å²) < 4.78 is 28.5. The molecule has 0 aliphatic carbocycles. The summed E-state index contributed by atoms with van der Waals surface area (Å²) in [5.74, 6) is 0.355. The molecular weight excluding hydrogens is 458 g/mol. The Balaban J connectivity index is 2.06. The molecule has 0 spiro atoms. The van der Waals surface area contributed by atoms with E-state index in [1.807, 2.05) is 18.2 Å². The van der Waals surface area contributed by atoms with Crippen LogP contribution in [0.25, 0.3) is 10.9 Å². The van der Waals surface area contributed by atoms with Crippen molar-refractivity contribution in [1.82, 2.24) is 8.87 Å². The summed E-state index contributed by atoms with van der Waals surface area (Å²) in [5.41, 5.74) is 0.389. The normalized spacial score (nSPS) is 12.4. The minimum atomic E-state index is -3.87. The Bertz CT molecular complexity index is 1330. The average Bonchev–Trinajstić information content (AvgIpc) is 3.07. The predicted octanol–water partition coefficient (Wildman–Crippen LogP) is 5.75. The Hall–Kier alpha value is -3.31. The highest BCUT2D eigenvalue weighted by atomic mass is 32.2. The van der Waals surface area contributed by atoms with Crippen LogP contribution in [-0.2, 0) is 16.6 Å². The molecule has 3 aromatic rings. The van der Waals surface area contributed by atoms with E-state index in [1.165, 1.54) is 16.4 Å². The van der Waals surface area contributed by atoms with E-state index in [2.05, 4.69) is 24.1 Å². The lowest BCUT2D eigenvalue weighted by atomic mass is 10.1. The van der Waals surface area contributed by atoms with Crippen LogP contribution in [0.1, 0.15) is 34.1 Å². The van der Waals surface area contributed by atoms with Crippen molar-refractivity contribution in [3.63, 3.8) is 0 Å². The number of nitro benzene ring substituents is 1. The highest BCUT2D eigenvalue weighted by molar-refractivity contribution is 7.89. The molecule has 0 atom stereocenters. The van der Waals surface area contributed by atoms with Crippen LogP contribution < -0.4 is 0 Å². The molecule has 0 bridgehead atoms. The van der Waals surface area contributed by atoms with Crippen LogP contribution in [0.4, 0.5) is 17.1 Å². The van der Waals surface area contributed by atoms with Crippen LogP contribution in [0.3, 0.4) is 0 Å². The van der Waals surface area contributed by atoms with Crippen LogP contribution in [0.5, 0.6) is 5.88 Å². The Morgan fingerprint density at radius 1 is 1.12 bits per heavy atom. The summed E-state index contributed by atoms with van der Waals surface area (Å²) in [6, 6.07) is 10.9. The summed E-state index contributed by atoms with van der Waals surface area (Å²) in [4.78, 5) is 10.8. The van der Waals surface area contributed by atoms with Gasteiger partial charge in [-0.1, -0.05) is 45.9 Å². The van der Waals surface area contributed by atoms with E-state index in [4.69, 9.17) is 0 Å². The predicted molar refractivity (Wildman–Crippen MR) is 130 cm³/mol. The molecule has 0 saturated heterocycles. The SMILES string of the molecule is CCN(CC)S(=O)(=O)c1ccc(N=Nc2c(O)n(CCC(C)C)c3ccccc23)c([N+](=O)[O-])c1. The van der Waals surface area contributed by atoms with E-state index in [9.17, 15) is 23.6 Å². The number of hydrogen-bond acceptors (Lipinski definition) is 7. The lowest BCUT2D eigenvalue weighted by molar-refractivity contribution is -0.384. The topological polar surface area (TPSA) is 130 Å². The van der Waals surface area contributed by atoms with Gasteiger partial charge in [0.25, 0.3) is 5.69 Å². The van der Waals surface area contributed by atoms with Gasteiger partial charge in [0.15, 0.2) is 11.4 Å². The maximum Gasteiger partial charge on any atom is 0.298 e. The molecule has 34 heavy (non-hydrogen) atoms. The Morgan fingerprint density at radius 2 is 1.79 bits per heavy atom. The molecule has 0 radical (unpaired) electrons. The van der Waals surface area contributed by atoms with Crippen LogP contribution in [0.15, 0.2) is 57.6 Å². The molecule has 3 rings (SSSR count). The molecule has 1 heterocycles. The highest BCUT2D eigenvalue weighted by Gasteiger charge is 2.26. The Kier molecular flexibility index (Phi) is 7.68. The molecule has 1 aromatic heterocycles. The minimum absolute atomic E-state index is 0.0750. The molecule has 0 unspecified atom stereocenters. The third-order valence-corrected chi connectivity index (χ3v) is 7.64. The second-order valence-corrected chi connectivity index (χ2v) is 10.2. The fourth-order valence-corrected chi connectivity index (χ4v) is 5.17. The monoisotopic (exact) mass is 487 g/mol. The van der Waals surface area contributed by atoms with Gasteiger partial charge < -0.3 is 9.67 Å². The first kappa shape index (κ1) is 25.3. The number of para-hydroxylation sites is 1. The molecule has 2 aromatic carbocycles. The molecular formula is C23H29N5O5S. The maximum absolute atomic E-state index is 12.8. The smallest absolute Gasteiger partial charge is 0.298 e. The number of sulfonamides is 1. The lowest BCUT2D eigenvalue weighted by Gasteiger charge is -2.18. The molecule has 1 N–H and O–H groups in total. The van der Waals surface area contributed by atoms with E-state index < -0.39 is 20.6 Å². The van der Waals surface area contributed by atoms with Gasteiger partial charge in [0, 0.05) is 31.1 Å². The third-order valence-electron chi connectivity index (χ3n) is 5.59. The molecule has 0 amide bonds. The zero-order valence-corrected chi connectivity index (χ0v) is 20.5. The number of aromatic hydroxyl groups is 1. The van der Waals surface area contributed by atoms with E-state index >= 15 is 0 Å². The fourth-order valence-electron chi connectivity index (χ4n) is 3.69. The van der Waals surface area contributed by atoms with Crippen LogP contribution >= 0.6 is 0 Å².